The van der Waals surface area contributed by atoms with Crippen molar-refractivity contribution in [1.82, 2.24) is 10.3 Å². The second-order valence-corrected chi connectivity index (χ2v) is 4.32. The molecule has 0 spiro atoms. The van der Waals surface area contributed by atoms with Gasteiger partial charge in [-0.2, -0.15) is 0 Å². The topological polar surface area (TPSA) is 91.8 Å². The first kappa shape index (κ1) is 16.6. The van der Waals surface area contributed by atoms with Crippen LogP contribution in [0.3, 0.4) is 0 Å². The fourth-order valence-electron chi connectivity index (χ4n) is 1.53. The Kier molecular flexibility index (Phi) is 6.90. The molecule has 0 saturated heterocycles. The zero-order valence-corrected chi connectivity index (χ0v) is 12.1. The van der Waals surface area contributed by atoms with E-state index in [1.807, 2.05) is 0 Å². The molecule has 1 aromatic heterocycles. The molecule has 1 aromatic rings. The maximum atomic E-state index is 11.6. The zero-order valence-electron chi connectivity index (χ0n) is 12.1. The molecule has 1 amide bonds. The Bertz CT molecular complexity index is 499. The van der Waals surface area contributed by atoms with Crippen molar-refractivity contribution in [2.45, 2.75) is 0 Å². The number of nitrogens with one attached hydrogen (secondary N) is 1. The Morgan fingerprint density at radius 1 is 1.48 bits per heavy atom. The summed E-state index contributed by atoms with van der Waals surface area (Å²) in [5.74, 6) is -0.500. The van der Waals surface area contributed by atoms with E-state index in [9.17, 15) is 9.59 Å². The molecule has 0 aliphatic carbocycles. The predicted molar refractivity (Wildman–Crippen MR) is 79.1 cm³/mol. The van der Waals surface area contributed by atoms with Crippen LogP contribution in [0.15, 0.2) is 24.4 Å². The van der Waals surface area contributed by atoms with Gasteiger partial charge in [-0.1, -0.05) is 0 Å². The number of ether oxygens (including phenoxy) is 1. The molecule has 0 aliphatic heterocycles. The normalized spacial score (nSPS) is 10.6. The predicted octanol–water partition coefficient (Wildman–Crippen LogP) is 0.378. The first-order valence-electron chi connectivity index (χ1n) is 6.36. The summed E-state index contributed by atoms with van der Waals surface area (Å²) in [7, 11) is 3.33. The van der Waals surface area contributed by atoms with Crippen LogP contribution in [0, 0.1) is 0 Å². The number of anilines is 1. The van der Waals surface area contributed by atoms with Crippen molar-refractivity contribution in [3.63, 3.8) is 0 Å². The van der Waals surface area contributed by atoms with Gasteiger partial charge in [-0.3, -0.25) is 4.79 Å². The highest BCUT2D eigenvalue weighted by molar-refractivity contribution is 5.85. The van der Waals surface area contributed by atoms with Crippen LogP contribution >= 0.6 is 0 Å². The van der Waals surface area contributed by atoms with Gasteiger partial charge in [-0.25, -0.2) is 9.78 Å². The molecule has 7 heteroatoms. The van der Waals surface area contributed by atoms with Crippen LogP contribution in [-0.2, 0) is 14.3 Å². The number of likely N-dealkylation sites (N-methyl/N-ethyl adjacent to an activating group) is 1. The minimum atomic E-state index is -1.01. The Morgan fingerprint density at radius 3 is 2.81 bits per heavy atom. The van der Waals surface area contributed by atoms with Gasteiger partial charge in [0.2, 0.25) is 5.91 Å². The maximum absolute atomic E-state index is 11.6. The monoisotopic (exact) mass is 293 g/mol. The molecule has 0 fully saturated rings. The first-order chi connectivity index (χ1) is 10.0. The molecule has 0 radical (unpaired) electrons. The lowest BCUT2D eigenvalue weighted by Gasteiger charge is -2.17. The average molecular weight is 293 g/mol. The molecule has 7 nitrogen and oxygen atoms in total. The molecule has 0 aliphatic rings. The van der Waals surface area contributed by atoms with E-state index in [4.69, 9.17) is 9.84 Å². The number of carbonyl (C=O) groups is 2. The standard InChI is InChI=1S/C14H19N3O4/c1-17(10-13(18)15-7-8-21-2)12-5-3-11(9-16-12)4-6-14(19)20/h3-6,9H,7-8,10H2,1-2H3,(H,15,18)(H,19,20)/b6-4+. The van der Waals surface area contributed by atoms with Gasteiger partial charge in [0.25, 0.3) is 0 Å². The summed E-state index contributed by atoms with van der Waals surface area (Å²) in [5.41, 5.74) is 0.680. The third-order valence-electron chi connectivity index (χ3n) is 2.59. The largest absolute Gasteiger partial charge is 0.478 e. The molecule has 1 rings (SSSR count). The van der Waals surface area contributed by atoms with E-state index >= 15 is 0 Å². The molecule has 0 bridgehead atoms. The van der Waals surface area contributed by atoms with Gasteiger partial charge in [0.05, 0.1) is 13.2 Å². The van der Waals surface area contributed by atoms with Crippen molar-refractivity contribution >= 4 is 23.8 Å². The number of nitrogens with zero attached hydrogens (tertiary/aromatic N) is 2. The lowest BCUT2D eigenvalue weighted by atomic mass is 10.2. The Labute approximate surface area is 123 Å². The van der Waals surface area contributed by atoms with Gasteiger partial charge >= 0.3 is 5.97 Å². The van der Waals surface area contributed by atoms with E-state index in [1.165, 1.54) is 6.08 Å². The van der Waals surface area contributed by atoms with Crippen LogP contribution in [0.25, 0.3) is 6.08 Å². The summed E-state index contributed by atoms with van der Waals surface area (Å²) >= 11 is 0. The van der Waals surface area contributed by atoms with Gasteiger partial charge in [0, 0.05) is 33.0 Å². The quantitative estimate of drug-likeness (QED) is 0.532. The molecular formula is C14H19N3O4. The van der Waals surface area contributed by atoms with Crippen LogP contribution in [0.4, 0.5) is 5.82 Å². The summed E-state index contributed by atoms with van der Waals surface area (Å²) in [4.78, 5) is 27.9. The van der Waals surface area contributed by atoms with Crippen LogP contribution in [-0.4, -0.2) is 55.8 Å². The third-order valence-corrected chi connectivity index (χ3v) is 2.59. The van der Waals surface area contributed by atoms with Crippen LogP contribution in [0.1, 0.15) is 5.56 Å². The van der Waals surface area contributed by atoms with E-state index in [2.05, 4.69) is 10.3 Å². The number of carboxylic acid groups (broad SMARTS) is 1. The Hall–Kier alpha value is -2.41. The number of amides is 1. The second-order valence-electron chi connectivity index (χ2n) is 4.32. The van der Waals surface area contributed by atoms with Crippen molar-refractivity contribution < 1.29 is 19.4 Å². The lowest BCUT2D eigenvalue weighted by Crippen LogP contribution is -2.36. The molecule has 0 atom stereocenters. The molecule has 2 N–H and O–H groups in total. The number of pyridine rings is 1. The Balaban J connectivity index is 2.52. The summed E-state index contributed by atoms with van der Waals surface area (Å²) in [5, 5.41) is 11.3. The van der Waals surface area contributed by atoms with Gasteiger partial charge in [-0.05, 0) is 23.8 Å². The summed E-state index contributed by atoms with van der Waals surface area (Å²) in [6.45, 7) is 1.12. The molecule has 21 heavy (non-hydrogen) atoms. The number of hydrogen-bond donors (Lipinski definition) is 2. The zero-order chi connectivity index (χ0) is 15.7. The van der Waals surface area contributed by atoms with Crippen molar-refractivity contribution in [1.29, 1.82) is 0 Å². The van der Waals surface area contributed by atoms with Crippen LogP contribution in [0.2, 0.25) is 0 Å². The van der Waals surface area contributed by atoms with Crippen molar-refractivity contribution in [2.24, 2.45) is 0 Å². The Morgan fingerprint density at radius 2 is 2.24 bits per heavy atom. The second kappa shape index (κ2) is 8.70. The summed E-state index contributed by atoms with van der Waals surface area (Å²) < 4.78 is 4.85. The minimum absolute atomic E-state index is 0.119. The molecule has 0 unspecified atom stereocenters. The number of carboxylic acids is 1. The van der Waals surface area contributed by atoms with Crippen molar-refractivity contribution in [2.75, 3.05) is 38.8 Å². The maximum Gasteiger partial charge on any atom is 0.328 e. The van der Waals surface area contributed by atoms with Gasteiger partial charge in [0.15, 0.2) is 0 Å². The van der Waals surface area contributed by atoms with Gasteiger partial charge < -0.3 is 20.1 Å². The van der Waals surface area contributed by atoms with Crippen LogP contribution < -0.4 is 10.2 Å². The third kappa shape index (κ3) is 6.53. The van der Waals surface area contributed by atoms with Crippen LogP contribution in [0.5, 0.6) is 0 Å². The molecule has 114 valence electrons. The first-order valence-corrected chi connectivity index (χ1v) is 6.36. The highest BCUT2D eigenvalue weighted by atomic mass is 16.5. The smallest absolute Gasteiger partial charge is 0.328 e. The molecule has 0 saturated carbocycles. The van der Waals surface area contributed by atoms with E-state index < -0.39 is 5.97 Å². The van der Waals surface area contributed by atoms with E-state index in [-0.39, 0.29) is 12.5 Å². The molecule has 1 heterocycles. The molecule has 0 aromatic carbocycles. The SMILES string of the molecule is COCCNC(=O)CN(C)c1ccc(/C=C/C(=O)O)cn1. The van der Waals surface area contributed by atoms with E-state index in [0.29, 0.717) is 24.5 Å². The summed E-state index contributed by atoms with van der Waals surface area (Å²) in [6, 6.07) is 3.46. The van der Waals surface area contributed by atoms with E-state index in [0.717, 1.165) is 6.08 Å². The number of aromatic nitrogens is 1. The number of rotatable bonds is 8. The molecular weight excluding hydrogens is 274 g/mol. The number of carbonyl (C=O) groups excluding carboxylic acids is 1. The minimum Gasteiger partial charge on any atom is -0.478 e. The summed E-state index contributed by atoms with van der Waals surface area (Å²) in [6.07, 6.45) is 4.05. The highest BCUT2D eigenvalue weighted by Gasteiger charge is 2.07. The lowest BCUT2D eigenvalue weighted by molar-refractivity contribution is -0.131. The van der Waals surface area contributed by atoms with Gasteiger partial charge in [0.1, 0.15) is 5.82 Å². The number of hydrogen-bond acceptors (Lipinski definition) is 5. The fourth-order valence-corrected chi connectivity index (χ4v) is 1.53. The number of methoxy groups -OCH3 is 1. The van der Waals surface area contributed by atoms with Crippen molar-refractivity contribution in [3.05, 3.63) is 30.0 Å². The average Bonchev–Trinajstić information content (AvgIpc) is 2.45. The van der Waals surface area contributed by atoms with E-state index in [1.54, 1.807) is 37.4 Å². The highest BCUT2D eigenvalue weighted by Crippen LogP contribution is 2.10. The number of aliphatic carboxylic acids is 1. The van der Waals surface area contributed by atoms with Gasteiger partial charge in [-0.15, -0.1) is 0 Å². The van der Waals surface area contributed by atoms with Crippen molar-refractivity contribution in [3.8, 4) is 0 Å². The fraction of sp³-hybridized carbons (Fsp3) is 0.357.